The summed E-state index contributed by atoms with van der Waals surface area (Å²) in [4.78, 5) is 32.3. The van der Waals surface area contributed by atoms with E-state index < -0.39 is 0 Å². The molecule has 0 unspecified atom stereocenters. The summed E-state index contributed by atoms with van der Waals surface area (Å²) in [5, 5.41) is 7.52. The number of ketones is 1. The maximum atomic E-state index is 13.4. The standard InChI is InChI=1S/C26H26ClN5O4/c1-31(2)13-11-22(33)15-19-16-28-26(32(25(19)34)17-18-3-5-20(27)6-4-18)29-21-7-9-23(10-8-21)36-24-12-14-35-30-24/h3-10,12,14,16H,11,13,15,17H2,1-2H3,(H,28,29). The van der Waals surface area contributed by atoms with Crippen molar-refractivity contribution in [1.29, 1.82) is 0 Å². The highest BCUT2D eigenvalue weighted by molar-refractivity contribution is 6.30. The van der Waals surface area contributed by atoms with Crippen LogP contribution in [0.2, 0.25) is 5.02 Å². The van der Waals surface area contributed by atoms with E-state index >= 15 is 0 Å². The van der Waals surface area contributed by atoms with E-state index in [0.29, 0.717) is 46.8 Å². The number of aromatic nitrogens is 3. The highest BCUT2D eigenvalue weighted by Crippen LogP contribution is 2.23. The van der Waals surface area contributed by atoms with Gasteiger partial charge in [0.15, 0.2) is 0 Å². The van der Waals surface area contributed by atoms with Crippen molar-refractivity contribution in [2.45, 2.75) is 19.4 Å². The van der Waals surface area contributed by atoms with Crippen LogP contribution in [0.5, 0.6) is 11.6 Å². The molecular weight excluding hydrogens is 482 g/mol. The second-order valence-electron chi connectivity index (χ2n) is 8.48. The van der Waals surface area contributed by atoms with Crippen LogP contribution in [0, 0.1) is 0 Å². The molecule has 0 fully saturated rings. The number of rotatable bonds is 11. The predicted octanol–water partition coefficient (Wildman–Crippen LogP) is 4.53. The van der Waals surface area contributed by atoms with Gasteiger partial charge in [-0.1, -0.05) is 23.7 Å². The van der Waals surface area contributed by atoms with Gasteiger partial charge in [-0.2, -0.15) is 0 Å². The molecule has 1 N–H and O–H groups in total. The minimum atomic E-state index is -0.272. The normalized spacial score (nSPS) is 11.0. The largest absolute Gasteiger partial charge is 0.436 e. The number of benzene rings is 2. The Hall–Kier alpha value is -3.95. The van der Waals surface area contributed by atoms with Crippen LogP contribution in [0.15, 0.2) is 76.4 Å². The minimum Gasteiger partial charge on any atom is -0.436 e. The van der Waals surface area contributed by atoms with Gasteiger partial charge in [-0.05, 0) is 61.2 Å². The highest BCUT2D eigenvalue weighted by atomic mass is 35.5. The third kappa shape index (κ3) is 6.80. The number of Topliss-reactive ketones (excluding diaryl/α,β-unsaturated/α-hetero) is 1. The van der Waals surface area contributed by atoms with Gasteiger partial charge in [0.2, 0.25) is 5.95 Å². The summed E-state index contributed by atoms with van der Waals surface area (Å²) in [7, 11) is 3.81. The van der Waals surface area contributed by atoms with Crippen molar-refractivity contribution in [2.24, 2.45) is 0 Å². The Balaban J connectivity index is 1.58. The zero-order chi connectivity index (χ0) is 25.5. The molecule has 2 aromatic heterocycles. The smallest absolute Gasteiger partial charge is 0.259 e. The average molecular weight is 508 g/mol. The number of hydrogen-bond donors (Lipinski definition) is 1. The number of hydrogen-bond acceptors (Lipinski definition) is 8. The first-order valence-corrected chi connectivity index (χ1v) is 11.7. The molecule has 10 heteroatoms. The van der Waals surface area contributed by atoms with Gasteiger partial charge < -0.3 is 19.5 Å². The topological polar surface area (TPSA) is 102 Å². The molecule has 0 saturated carbocycles. The monoisotopic (exact) mass is 507 g/mol. The van der Waals surface area contributed by atoms with Crippen LogP contribution < -0.4 is 15.6 Å². The lowest BCUT2D eigenvalue weighted by Crippen LogP contribution is -2.29. The van der Waals surface area contributed by atoms with Gasteiger partial charge in [-0.25, -0.2) is 4.98 Å². The predicted molar refractivity (Wildman–Crippen MR) is 137 cm³/mol. The molecule has 0 bridgehead atoms. The highest BCUT2D eigenvalue weighted by Gasteiger charge is 2.15. The molecule has 0 aliphatic rings. The minimum absolute atomic E-state index is 0.0101. The van der Waals surface area contributed by atoms with Crippen molar-refractivity contribution in [3.63, 3.8) is 0 Å². The molecule has 0 amide bonds. The number of ether oxygens (including phenoxy) is 1. The lowest BCUT2D eigenvalue weighted by Gasteiger charge is -2.16. The van der Waals surface area contributed by atoms with Gasteiger partial charge in [-0.3, -0.25) is 14.2 Å². The molecule has 36 heavy (non-hydrogen) atoms. The number of carbonyl (C=O) groups is 1. The van der Waals surface area contributed by atoms with Gasteiger partial charge in [0, 0.05) is 47.9 Å². The fourth-order valence-corrected chi connectivity index (χ4v) is 3.56. The molecule has 0 atom stereocenters. The Morgan fingerprint density at radius 2 is 1.86 bits per heavy atom. The van der Waals surface area contributed by atoms with Crippen LogP contribution in [-0.4, -0.2) is 46.0 Å². The van der Waals surface area contributed by atoms with Crippen LogP contribution in [0.3, 0.4) is 0 Å². The lowest BCUT2D eigenvalue weighted by molar-refractivity contribution is -0.118. The second-order valence-corrected chi connectivity index (χ2v) is 8.92. The molecule has 186 valence electrons. The lowest BCUT2D eigenvalue weighted by atomic mass is 10.1. The van der Waals surface area contributed by atoms with E-state index in [1.165, 1.54) is 17.0 Å². The van der Waals surface area contributed by atoms with Crippen LogP contribution in [0.4, 0.5) is 11.6 Å². The van der Waals surface area contributed by atoms with Crippen LogP contribution in [0.1, 0.15) is 17.5 Å². The van der Waals surface area contributed by atoms with E-state index in [0.717, 1.165) is 5.56 Å². The van der Waals surface area contributed by atoms with E-state index in [1.807, 2.05) is 31.1 Å². The molecule has 0 spiro atoms. The first-order valence-electron chi connectivity index (χ1n) is 11.3. The van der Waals surface area contributed by atoms with Gasteiger partial charge in [-0.15, -0.1) is 0 Å². The molecule has 0 aliphatic heterocycles. The molecule has 0 radical (unpaired) electrons. The SMILES string of the molecule is CN(C)CCC(=O)Cc1cnc(Nc2ccc(Oc3ccon3)cc2)n(Cc2ccc(Cl)cc2)c1=O. The van der Waals surface area contributed by atoms with Crippen molar-refractivity contribution in [1.82, 2.24) is 19.6 Å². The third-order valence-electron chi connectivity index (χ3n) is 5.34. The van der Waals surface area contributed by atoms with Crippen LogP contribution in [0.25, 0.3) is 0 Å². The fraction of sp³-hybridized carbons (Fsp3) is 0.231. The Labute approximate surface area is 213 Å². The first kappa shape index (κ1) is 25.2. The fourth-order valence-electron chi connectivity index (χ4n) is 3.43. The van der Waals surface area contributed by atoms with Gasteiger partial charge in [0.05, 0.1) is 6.54 Å². The van der Waals surface area contributed by atoms with E-state index in [4.69, 9.17) is 20.9 Å². The quantitative estimate of drug-likeness (QED) is 0.316. The van der Waals surface area contributed by atoms with Crippen LogP contribution in [-0.2, 0) is 17.8 Å². The van der Waals surface area contributed by atoms with E-state index in [-0.39, 0.29) is 24.3 Å². The Kier molecular flexibility index (Phi) is 8.14. The molecule has 0 saturated heterocycles. The number of halogens is 1. The number of nitrogens with one attached hydrogen (secondary N) is 1. The maximum Gasteiger partial charge on any atom is 0.259 e. The summed E-state index contributed by atoms with van der Waals surface area (Å²) in [6.07, 6.45) is 3.30. The summed E-state index contributed by atoms with van der Waals surface area (Å²) in [6.45, 7) is 0.889. The van der Waals surface area contributed by atoms with Crippen molar-refractivity contribution in [3.8, 4) is 11.6 Å². The Morgan fingerprint density at radius 3 is 2.53 bits per heavy atom. The van der Waals surface area contributed by atoms with Crippen LogP contribution >= 0.6 is 11.6 Å². The van der Waals surface area contributed by atoms with Crippen molar-refractivity contribution >= 4 is 29.0 Å². The zero-order valence-electron chi connectivity index (χ0n) is 20.0. The molecule has 0 aliphatic carbocycles. The average Bonchev–Trinajstić information content (AvgIpc) is 3.37. The number of nitrogens with zero attached hydrogens (tertiary/aromatic N) is 4. The van der Waals surface area contributed by atoms with Gasteiger partial charge in [0.25, 0.3) is 11.4 Å². The summed E-state index contributed by atoms with van der Waals surface area (Å²) < 4.78 is 11.9. The van der Waals surface area contributed by atoms with Crippen molar-refractivity contribution in [2.75, 3.05) is 26.0 Å². The molecule has 2 heterocycles. The second kappa shape index (κ2) is 11.7. The number of carbonyl (C=O) groups excluding carboxylic acids is 1. The molecule has 4 aromatic rings. The third-order valence-corrected chi connectivity index (χ3v) is 5.60. The van der Waals surface area contributed by atoms with E-state index in [1.54, 1.807) is 42.5 Å². The molecule has 4 rings (SSSR count). The van der Waals surface area contributed by atoms with Gasteiger partial charge in [0.1, 0.15) is 17.8 Å². The maximum absolute atomic E-state index is 13.4. The van der Waals surface area contributed by atoms with Crippen molar-refractivity contribution < 1.29 is 14.1 Å². The van der Waals surface area contributed by atoms with E-state index in [2.05, 4.69) is 15.5 Å². The Morgan fingerprint density at radius 1 is 1.11 bits per heavy atom. The van der Waals surface area contributed by atoms with Crippen molar-refractivity contribution in [3.05, 3.63) is 93.6 Å². The summed E-state index contributed by atoms with van der Waals surface area (Å²) in [6, 6.07) is 16.0. The summed E-state index contributed by atoms with van der Waals surface area (Å²) >= 11 is 6.02. The molecule has 9 nitrogen and oxygen atoms in total. The molecule has 2 aromatic carbocycles. The zero-order valence-corrected chi connectivity index (χ0v) is 20.7. The van der Waals surface area contributed by atoms with Gasteiger partial charge >= 0.3 is 0 Å². The first-order chi connectivity index (χ1) is 17.4. The number of anilines is 2. The molecular formula is C26H26ClN5O4. The van der Waals surface area contributed by atoms with E-state index in [9.17, 15) is 9.59 Å². The Bertz CT molecular complexity index is 1350. The summed E-state index contributed by atoms with van der Waals surface area (Å²) in [5.41, 5.74) is 1.66. The summed E-state index contributed by atoms with van der Waals surface area (Å²) in [5.74, 6) is 1.27.